The van der Waals surface area contributed by atoms with Gasteiger partial charge in [-0.15, -0.1) is 5.10 Å². The molecule has 128 valence electrons. The Morgan fingerprint density at radius 2 is 1.78 bits per heavy atom. The molecule has 1 aromatic heterocycles. The van der Waals surface area contributed by atoms with Crippen molar-refractivity contribution < 1.29 is 13.6 Å². The van der Waals surface area contributed by atoms with Gasteiger partial charge in [-0.1, -0.05) is 37.0 Å². The third-order valence-electron chi connectivity index (χ3n) is 3.44. The van der Waals surface area contributed by atoms with Gasteiger partial charge in [-0.3, -0.25) is 4.57 Å². The summed E-state index contributed by atoms with van der Waals surface area (Å²) in [4.78, 5) is 0. The summed E-state index contributed by atoms with van der Waals surface area (Å²) in [5, 5.41) is 8.47. The predicted octanol–water partition coefficient (Wildman–Crippen LogP) is 4.53. The van der Waals surface area contributed by atoms with E-state index in [4.69, 9.17) is 9.05 Å². The molecule has 0 radical (unpaired) electrons. The van der Waals surface area contributed by atoms with Crippen molar-refractivity contribution in [1.82, 2.24) is 15.0 Å². The molecule has 1 unspecified atom stereocenters. The van der Waals surface area contributed by atoms with E-state index in [2.05, 4.69) is 30.0 Å². The van der Waals surface area contributed by atoms with E-state index in [1.54, 1.807) is 4.68 Å². The lowest BCUT2D eigenvalue weighted by molar-refractivity contribution is 0.204. The van der Waals surface area contributed by atoms with Crippen LogP contribution in [0.2, 0.25) is 25.7 Å². The molecule has 8 heteroatoms. The van der Waals surface area contributed by atoms with Crippen molar-refractivity contribution in [3.8, 4) is 0 Å². The van der Waals surface area contributed by atoms with E-state index in [1.807, 2.05) is 38.1 Å². The Bertz CT molecular complexity index is 689. The van der Waals surface area contributed by atoms with Crippen molar-refractivity contribution in [1.29, 1.82) is 0 Å². The Hall–Kier alpha value is -1.01. The molecule has 0 aliphatic rings. The summed E-state index contributed by atoms with van der Waals surface area (Å²) in [5.74, 6) is -0.443. The molecule has 0 saturated carbocycles. The lowest BCUT2D eigenvalue weighted by Gasteiger charge is -2.30. The lowest BCUT2D eigenvalue weighted by atomic mass is 10.3. The highest BCUT2D eigenvalue weighted by atomic mass is 31.2. The Morgan fingerprint density at radius 1 is 1.17 bits per heavy atom. The van der Waals surface area contributed by atoms with E-state index in [0.717, 1.165) is 17.1 Å². The minimum Gasteiger partial charge on any atom is -0.307 e. The van der Waals surface area contributed by atoms with Crippen LogP contribution < -0.4 is 0 Å². The lowest BCUT2D eigenvalue weighted by Crippen LogP contribution is -2.27. The van der Waals surface area contributed by atoms with Gasteiger partial charge in [0.25, 0.3) is 0 Å². The molecule has 2 aromatic rings. The van der Waals surface area contributed by atoms with Gasteiger partial charge in [-0.05, 0) is 32.0 Å². The van der Waals surface area contributed by atoms with Gasteiger partial charge in [0.15, 0.2) is 5.78 Å². The highest BCUT2D eigenvalue weighted by Gasteiger charge is 2.41. The summed E-state index contributed by atoms with van der Waals surface area (Å²) in [7, 11) is -4.88. The molecule has 0 spiro atoms. The van der Waals surface area contributed by atoms with Crippen LogP contribution in [0.1, 0.15) is 19.6 Å². The Morgan fingerprint density at radius 3 is 2.35 bits per heavy atom. The first-order valence-corrected chi connectivity index (χ1v) is 13.3. The van der Waals surface area contributed by atoms with Gasteiger partial charge in [-0.25, -0.2) is 4.68 Å². The SMILES string of the molecule is CCOP(=O)(OCC)C(C[Si](C)(C)C)n1nnc2ccccc21. The summed E-state index contributed by atoms with van der Waals surface area (Å²) in [6, 6.07) is 8.43. The zero-order chi connectivity index (χ0) is 17.1. The first-order valence-electron chi connectivity index (χ1n) is 7.99. The zero-order valence-corrected chi connectivity index (χ0v) is 16.4. The topological polar surface area (TPSA) is 66.2 Å². The molecule has 0 saturated heterocycles. The number of para-hydroxylation sites is 1. The van der Waals surface area contributed by atoms with Crippen molar-refractivity contribution in [2.45, 2.75) is 45.3 Å². The van der Waals surface area contributed by atoms with E-state index in [-0.39, 0.29) is 0 Å². The first-order chi connectivity index (χ1) is 10.8. The number of hydrogen-bond donors (Lipinski definition) is 0. The predicted molar refractivity (Wildman–Crippen MR) is 95.6 cm³/mol. The van der Waals surface area contributed by atoms with E-state index in [9.17, 15) is 4.57 Å². The molecule has 0 aliphatic heterocycles. The minimum atomic E-state index is -3.32. The number of rotatable bonds is 8. The second kappa shape index (κ2) is 7.26. The molecule has 2 rings (SSSR count). The Balaban J connectivity index is 2.55. The average molecular weight is 355 g/mol. The molecular weight excluding hydrogens is 329 g/mol. The minimum absolute atomic E-state index is 0.339. The van der Waals surface area contributed by atoms with Crippen LogP contribution in [0.15, 0.2) is 24.3 Å². The van der Waals surface area contributed by atoms with Crippen LogP contribution in [0.25, 0.3) is 11.0 Å². The molecule has 1 aromatic carbocycles. The third kappa shape index (κ3) is 4.29. The molecule has 1 heterocycles. The van der Waals surface area contributed by atoms with Crippen LogP contribution >= 0.6 is 7.60 Å². The van der Waals surface area contributed by atoms with Crippen molar-refractivity contribution in [3.05, 3.63) is 24.3 Å². The number of nitrogens with zero attached hydrogens (tertiary/aromatic N) is 3. The van der Waals surface area contributed by atoms with Crippen LogP contribution in [0, 0.1) is 0 Å². The molecular formula is C15H26N3O3PSi. The maximum Gasteiger partial charge on any atom is 0.354 e. The number of fused-ring (bicyclic) bond motifs is 1. The fourth-order valence-electron chi connectivity index (χ4n) is 2.56. The van der Waals surface area contributed by atoms with E-state index < -0.39 is 21.5 Å². The molecule has 0 bridgehead atoms. The van der Waals surface area contributed by atoms with Gasteiger partial charge < -0.3 is 9.05 Å². The number of aromatic nitrogens is 3. The van der Waals surface area contributed by atoms with Crippen LogP contribution in [0.3, 0.4) is 0 Å². The highest BCUT2D eigenvalue weighted by molar-refractivity contribution is 7.54. The van der Waals surface area contributed by atoms with Gasteiger partial charge in [0.1, 0.15) is 5.52 Å². The normalized spacial score (nSPS) is 14.3. The summed E-state index contributed by atoms with van der Waals surface area (Å²) >= 11 is 0. The number of hydrogen-bond acceptors (Lipinski definition) is 5. The third-order valence-corrected chi connectivity index (χ3v) is 7.76. The second-order valence-corrected chi connectivity index (χ2v) is 14.4. The van der Waals surface area contributed by atoms with Gasteiger partial charge in [0, 0.05) is 8.07 Å². The summed E-state index contributed by atoms with van der Waals surface area (Å²) in [5.41, 5.74) is 1.64. The summed E-state index contributed by atoms with van der Waals surface area (Å²) < 4.78 is 26.4. The molecule has 0 fully saturated rings. The molecule has 6 nitrogen and oxygen atoms in total. The molecule has 1 atom stereocenters. The maximum absolute atomic E-state index is 13.4. The van der Waals surface area contributed by atoms with Crippen molar-refractivity contribution in [2.24, 2.45) is 0 Å². The van der Waals surface area contributed by atoms with Crippen molar-refractivity contribution in [3.63, 3.8) is 0 Å². The largest absolute Gasteiger partial charge is 0.354 e. The summed E-state index contributed by atoms with van der Waals surface area (Å²) in [6.07, 6.45) is 0. The Labute approximate surface area is 138 Å². The summed E-state index contributed by atoms with van der Waals surface area (Å²) in [6.45, 7) is 11.1. The highest BCUT2D eigenvalue weighted by Crippen LogP contribution is 2.61. The van der Waals surface area contributed by atoms with Gasteiger partial charge >= 0.3 is 7.60 Å². The fraction of sp³-hybridized carbons (Fsp3) is 0.600. The zero-order valence-electron chi connectivity index (χ0n) is 14.5. The van der Waals surface area contributed by atoms with Gasteiger partial charge in [0.05, 0.1) is 18.7 Å². The standard InChI is InChI=1S/C15H26N3O3PSi/c1-6-20-22(19,21-7-2)15(12-23(3,4)5)18-14-11-9-8-10-13(14)16-17-18/h8-11,15H,6-7,12H2,1-5H3. The molecule has 0 amide bonds. The van der Waals surface area contributed by atoms with Gasteiger partial charge in [-0.2, -0.15) is 0 Å². The van der Waals surface area contributed by atoms with Crippen molar-refractivity contribution in [2.75, 3.05) is 13.2 Å². The van der Waals surface area contributed by atoms with Crippen molar-refractivity contribution >= 4 is 26.7 Å². The average Bonchev–Trinajstić information content (AvgIpc) is 2.88. The smallest absolute Gasteiger partial charge is 0.307 e. The maximum atomic E-state index is 13.4. The van der Waals surface area contributed by atoms with E-state index in [1.165, 1.54) is 0 Å². The Kier molecular flexibility index (Phi) is 5.78. The number of benzene rings is 1. The molecule has 0 N–H and O–H groups in total. The van der Waals surface area contributed by atoms with Crippen LogP contribution in [-0.2, 0) is 13.6 Å². The molecule has 0 aliphatic carbocycles. The van der Waals surface area contributed by atoms with Crippen LogP contribution in [0.4, 0.5) is 0 Å². The quantitative estimate of drug-likeness (QED) is 0.514. The van der Waals surface area contributed by atoms with Gasteiger partial charge in [0.2, 0.25) is 0 Å². The van der Waals surface area contributed by atoms with E-state index >= 15 is 0 Å². The van der Waals surface area contributed by atoms with Crippen LogP contribution in [0.5, 0.6) is 0 Å². The molecule has 23 heavy (non-hydrogen) atoms. The van der Waals surface area contributed by atoms with E-state index in [0.29, 0.717) is 13.2 Å². The van der Waals surface area contributed by atoms with Crippen LogP contribution in [-0.4, -0.2) is 36.3 Å². The monoisotopic (exact) mass is 355 g/mol. The fourth-order valence-corrected chi connectivity index (χ4v) is 7.94. The first kappa shape index (κ1) is 18.3. The second-order valence-electron chi connectivity index (χ2n) is 6.64.